The highest BCUT2D eigenvalue weighted by Gasteiger charge is 2.22. The fraction of sp³-hybridized carbons (Fsp3) is 0.462. The van der Waals surface area contributed by atoms with E-state index >= 15 is 0 Å². The van der Waals surface area contributed by atoms with Crippen LogP contribution in [0.25, 0.3) is 0 Å². The van der Waals surface area contributed by atoms with Crippen molar-refractivity contribution in [3.8, 4) is 0 Å². The number of carbonyl (C=O) groups is 1. The third kappa shape index (κ3) is 3.42. The molecule has 4 heteroatoms. The van der Waals surface area contributed by atoms with Gasteiger partial charge in [-0.25, -0.2) is 0 Å². The normalized spacial score (nSPS) is 19.3. The Hall–Kier alpha value is -0.620. The Labute approximate surface area is 115 Å². The van der Waals surface area contributed by atoms with Crippen LogP contribution in [0.4, 0.5) is 0 Å². The van der Waals surface area contributed by atoms with E-state index in [2.05, 4.69) is 47.0 Å². The Morgan fingerprint density at radius 3 is 3.06 bits per heavy atom. The van der Waals surface area contributed by atoms with Crippen LogP contribution in [-0.2, 0) is 16.1 Å². The summed E-state index contributed by atoms with van der Waals surface area (Å²) in [6.07, 6.45) is 1.60. The number of carbonyl (C=O) groups excluding carboxylic acids is 1. The number of ether oxygens (including phenoxy) is 1. The second kappa shape index (κ2) is 5.82. The first-order valence-electron chi connectivity index (χ1n) is 5.81. The molecule has 1 N–H and O–H groups in total. The monoisotopic (exact) mass is 345 g/mol. The zero-order valence-electron chi connectivity index (χ0n) is 9.83. The molecular formula is C13H16INO2. The number of benzene rings is 1. The van der Waals surface area contributed by atoms with Crippen LogP contribution in [0.2, 0.25) is 0 Å². The lowest BCUT2D eigenvalue weighted by atomic mass is 10.1. The highest BCUT2D eigenvalue weighted by atomic mass is 127. The van der Waals surface area contributed by atoms with Gasteiger partial charge in [0.05, 0.1) is 0 Å². The van der Waals surface area contributed by atoms with Crippen LogP contribution in [0.1, 0.15) is 24.0 Å². The maximum atomic E-state index is 11.7. The van der Waals surface area contributed by atoms with Gasteiger partial charge in [-0.15, -0.1) is 0 Å². The second-order valence-corrected chi connectivity index (χ2v) is 5.47. The molecule has 0 aliphatic carbocycles. The average Bonchev–Trinajstić information content (AvgIpc) is 2.84. The van der Waals surface area contributed by atoms with E-state index in [0.717, 1.165) is 18.4 Å². The smallest absolute Gasteiger partial charge is 0.249 e. The molecule has 1 heterocycles. The number of nitrogens with one attached hydrogen (secondary N) is 1. The number of hydrogen-bond donors (Lipinski definition) is 1. The molecule has 1 aliphatic rings. The number of hydrogen-bond acceptors (Lipinski definition) is 2. The Morgan fingerprint density at radius 1 is 1.59 bits per heavy atom. The van der Waals surface area contributed by atoms with Gasteiger partial charge in [-0.05, 0) is 59.5 Å². The quantitative estimate of drug-likeness (QED) is 0.855. The van der Waals surface area contributed by atoms with E-state index in [1.807, 2.05) is 6.07 Å². The van der Waals surface area contributed by atoms with Crippen molar-refractivity contribution in [2.45, 2.75) is 32.4 Å². The summed E-state index contributed by atoms with van der Waals surface area (Å²) in [7, 11) is 0. The summed E-state index contributed by atoms with van der Waals surface area (Å²) in [6, 6.07) is 6.23. The zero-order valence-corrected chi connectivity index (χ0v) is 12.0. The molecule has 0 radical (unpaired) electrons. The Morgan fingerprint density at radius 2 is 2.41 bits per heavy atom. The number of halogens is 1. The molecule has 1 aromatic rings. The number of aryl methyl sites for hydroxylation is 1. The summed E-state index contributed by atoms with van der Waals surface area (Å²) in [5, 5.41) is 2.92. The van der Waals surface area contributed by atoms with Gasteiger partial charge in [-0.2, -0.15) is 0 Å². The van der Waals surface area contributed by atoms with E-state index in [1.165, 1.54) is 9.13 Å². The summed E-state index contributed by atoms with van der Waals surface area (Å²) in [5.41, 5.74) is 2.38. The van der Waals surface area contributed by atoms with Crippen molar-refractivity contribution >= 4 is 28.5 Å². The van der Waals surface area contributed by atoms with Crippen LogP contribution in [0.3, 0.4) is 0 Å². The predicted octanol–water partition coefficient (Wildman–Crippen LogP) is 2.39. The molecule has 0 aromatic heterocycles. The maximum Gasteiger partial charge on any atom is 0.249 e. The van der Waals surface area contributed by atoms with Crippen LogP contribution in [0.5, 0.6) is 0 Å². The Kier molecular flexibility index (Phi) is 4.39. The number of amides is 1. The molecule has 0 spiro atoms. The summed E-state index contributed by atoms with van der Waals surface area (Å²) in [5.74, 6) is 0.0127. The summed E-state index contributed by atoms with van der Waals surface area (Å²) < 4.78 is 6.58. The minimum atomic E-state index is -0.236. The molecule has 92 valence electrons. The molecule has 3 nitrogen and oxygen atoms in total. The second-order valence-electron chi connectivity index (χ2n) is 4.30. The molecule has 0 bridgehead atoms. The van der Waals surface area contributed by atoms with Crippen LogP contribution in [0.15, 0.2) is 18.2 Å². The fourth-order valence-electron chi connectivity index (χ4n) is 1.90. The van der Waals surface area contributed by atoms with Crippen LogP contribution in [-0.4, -0.2) is 18.6 Å². The lowest BCUT2D eigenvalue weighted by Gasteiger charge is -2.11. The van der Waals surface area contributed by atoms with Gasteiger partial charge in [0.25, 0.3) is 0 Å². The van der Waals surface area contributed by atoms with Crippen LogP contribution >= 0.6 is 22.6 Å². The molecule has 1 atom stereocenters. The lowest BCUT2D eigenvalue weighted by molar-refractivity contribution is -0.130. The number of rotatable bonds is 3. The SMILES string of the molecule is Cc1cc(CNC(=O)[C@@H]2CCCO2)ccc1I. The molecule has 2 rings (SSSR count). The first kappa shape index (κ1) is 12.8. The van der Waals surface area contributed by atoms with E-state index < -0.39 is 0 Å². The van der Waals surface area contributed by atoms with Crippen molar-refractivity contribution in [3.63, 3.8) is 0 Å². The largest absolute Gasteiger partial charge is 0.368 e. The van der Waals surface area contributed by atoms with Gasteiger partial charge >= 0.3 is 0 Å². The van der Waals surface area contributed by atoms with Crippen molar-refractivity contribution in [2.24, 2.45) is 0 Å². The minimum absolute atomic E-state index is 0.0127. The van der Waals surface area contributed by atoms with E-state index in [4.69, 9.17) is 4.74 Å². The molecule has 0 saturated carbocycles. The molecular weight excluding hydrogens is 329 g/mol. The van der Waals surface area contributed by atoms with Crippen molar-refractivity contribution in [1.82, 2.24) is 5.32 Å². The third-order valence-corrected chi connectivity index (χ3v) is 4.12. The average molecular weight is 345 g/mol. The third-order valence-electron chi connectivity index (χ3n) is 2.91. The molecule has 1 saturated heterocycles. The first-order chi connectivity index (χ1) is 8.16. The summed E-state index contributed by atoms with van der Waals surface area (Å²) in [4.78, 5) is 11.7. The molecule has 1 fully saturated rings. The van der Waals surface area contributed by atoms with Crippen molar-refractivity contribution in [2.75, 3.05) is 6.61 Å². The molecule has 1 aromatic carbocycles. The molecule has 1 amide bonds. The van der Waals surface area contributed by atoms with Gasteiger partial charge < -0.3 is 10.1 Å². The van der Waals surface area contributed by atoms with E-state index in [9.17, 15) is 4.79 Å². The highest BCUT2D eigenvalue weighted by molar-refractivity contribution is 14.1. The Balaban J connectivity index is 1.88. The zero-order chi connectivity index (χ0) is 12.3. The van der Waals surface area contributed by atoms with Crippen molar-refractivity contribution in [3.05, 3.63) is 32.9 Å². The first-order valence-corrected chi connectivity index (χ1v) is 6.89. The van der Waals surface area contributed by atoms with Gasteiger partial charge in [0, 0.05) is 16.7 Å². The van der Waals surface area contributed by atoms with Gasteiger partial charge in [0.1, 0.15) is 6.10 Å². The topological polar surface area (TPSA) is 38.3 Å². The van der Waals surface area contributed by atoms with Crippen molar-refractivity contribution < 1.29 is 9.53 Å². The van der Waals surface area contributed by atoms with E-state index in [0.29, 0.717) is 13.2 Å². The summed E-state index contributed by atoms with van der Waals surface area (Å²) >= 11 is 2.31. The van der Waals surface area contributed by atoms with E-state index in [-0.39, 0.29) is 12.0 Å². The Bertz CT molecular complexity index is 414. The minimum Gasteiger partial charge on any atom is -0.368 e. The van der Waals surface area contributed by atoms with Gasteiger partial charge in [0.2, 0.25) is 5.91 Å². The maximum absolute atomic E-state index is 11.7. The van der Waals surface area contributed by atoms with E-state index in [1.54, 1.807) is 0 Å². The standard InChI is InChI=1S/C13H16INO2/c1-9-7-10(4-5-11(9)14)8-15-13(16)12-3-2-6-17-12/h4-5,7,12H,2-3,6,8H2,1H3,(H,15,16)/t12-/m0/s1. The van der Waals surface area contributed by atoms with Gasteiger partial charge in [-0.3, -0.25) is 4.79 Å². The molecule has 1 aliphatic heterocycles. The van der Waals surface area contributed by atoms with Gasteiger partial charge in [-0.1, -0.05) is 12.1 Å². The molecule has 0 unspecified atom stereocenters. The van der Waals surface area contributed by atoms with Crippen molar-refractivity contribution in [1.29, 1.82) is 0 Å². The highest BCUT2D eigenvalue weighted by Crippen LogP contribution is 2.14. The predicted molar refractivity (Wildman–Crippen MR) is 74.7 cm³/mol. The molecule has 17 heavy (non-hydrogen) atoms. The van der Waals surface area contributed by atoms with Crippen LogP contribution < -0.4 is 5.32 Å². The lowest BCUT2D eigenvalue weighted by Crippen LogP contribution is -2.33. The summed E-state index contributed by atoms with van der Waals surface area (Å²) in [6.45, 7) is 3.37. The van der Waals surface area contributed by atoms with Crippen LogP contribution in [0, 0.1) is 10.5 Å². The fourth-order valence-corrected chi connectivity index (χ4v) is 2.24. The van der Waals surface area contributed by atoms with Gasteiger partial charge in [0.15, 0.2) is 0 Å².